The van der Waals surface area contributed by atoms with E-state index >= 15 is 0 Å². The summed E-state index contributed by atoms with van der Waals surface area (Å²) in [5.41, 5.74) is 1.06. The van der Waals surface area contributed by atoms with Crippen LogP contribution in [0.1, 0.15) is 25.5 Å². The quantitative estimate of drug-likeness (QED) is 0.885. The van der Waals surface area contributed by atoms with Crippen molar-refractivity contribution in [1.82, 2.24) is 10.6 Å². The topological polar surface area (TPSA) is 50.4 Å². The van der Waals surface area contributed by atoms with Crippen LogP contribution in [-0.4, -0.2) is 26.1 Å². The number of amides is 1. The Balaban J connectivity index is 2.02. The maximum atomic E-state index is 12.3. The van der Waals surface area contributed by atoms with E-state index in [4.69, 9.17) is 4.74 Å². The van der Waals surface area contributed by atoms with Crippen molar-refractivity contribution >= 4 is 21.8 Å². The second-order valence-corrected chi connectivity index (χ2v) is 6.22. The van der Waals surface area contributed by atoms with Gasteiger partial charge in [-0.05, 0) is 53.0 Å². The summed E-state index contributed by atoms with van der Waals surface area (Å²) >= 11 is 3.47. The highest BCUT2D eigenvalue weighted by molar-refractivity contribution is 9.10. The van der Waals surface area contributed by atoms with E-state index in [9.17, 15) is 4.79 Å². The third kappa shape index (κ3) is 3.33. The highest BCUT2D eigenvalue weighted by Gasteiger charge is 2.30. The average molecular weight is 341 g/mol. The Bertz CT molecular complexity index is 493. The monoisotopic (exact) mass is 340 g/mol. The number of nitrogens with one attached hydrogen (secondary N) is 2. The first-order chi connectivity index (χ1) is 9.52. The molecule has 0 bridgehead atoms. The predicted molar refractivity (Wildman–Crippen MR) is 82.8 cm³/mol. The lowest BCUT2D eigenvalue weighted by Crippen LogP contribution is -2.35. The Morgan fingerprint density at radius 1 is 1.50 bits per heavy atom. The number of hydrogen-bond acceptors (Lipinski definition) is 3. The zero-order chi connectivity index (χ0) is 14.7. The molecule has 1 aliphatic heterocycles. The Morgan fingerprint density at radius 2 is 2.25 bits per heavy atom. The van der Waals surface area contributed by atoms with Gasteiger partial charge in [-0.1, -0.05) is 13.0 Å². The highest BCUT2D eigenvalue weighted by atomic mass is 79.9. The van der Waals surface area contributed by atoms with Crippen LogP contribution in [0.3, 0.4) is 0 Å². The van der Waals surface area contributed by atoms with E-state index in [1.807, 2.05) is 25.1 Å². The van der Waals surface area contributed by atoms with Crippen LogP contribution in [0.15, 0.2) is 22.7 Å². The van der Waals surface area contributed by atoms with Gasteiger partial charge >= 0.3 is 0 Å². The maximum absolute atomic E-state index is 12.3. The summed E-state index contributed by atoms with van der Waals surface area (Å²) in [7, 11) is 1.64. The van der Waals surface area contributed by atoms with Crippen molar-refractivity contribution in [3.8, 4) is 5.75 Å². The normalized spacial score (nSPS) is 23.4. The molecule has 20 heavy (non-hydrogen) atoms. The summed E-state index contributed by atoms with van der Waals surface area (Å²) in [5, 5.41) is 6.35. The SMILES string of the molecule is COc1ccc(C(C)NC(=O)[C@@H]2CNC[C@H]2C)cc1Br. The molecule has 1 aromatic carbocycles. The van der Waals surface area contributed by atoms with Crippen LogP contribution in [0.25, 0.3) is 0 Å². The van der Waals surface area contributed by atoms with Crippen LogP contribution in [-0.2, 0) is 4.79 Å². The molecule has 0 saturated carbocycles. The molecule has 2 N–H and O–H groups in total. The number of carbonyl (C=O) groups is 1. The average Bonchev–Trinajstić information content (AvgIpc) is 2.84. The zero-order valence-electron chi connectivity index (χ0n) is 12.1. The van der Waals surface area contributed by atoms with Crippen LogP contribution >= 0.6 is 15.9 Å². The number of rotatable bonds is 4. The van der Waals surface area contributed by atoms with Gasteiger partial charge in [-0.2, -0.15) is 0 Å². The molecule has 0 spiro atoms. The van der Waals surface area contributed by atoms with E-state index in [0.717, 1.165) is 28.9 Å². The molecule has 3 atom stereocenters. The van der Waals surface area contributed by atoms with Crippen LogP contribution in [0.2, 0.25) is 0 Å². The van der Waals surface area contributed by atoms with E-state index in [1.165, 1.54) is 0 Å². The Kier molecular flexibility index (Phi) is 5.05. The van der Waals surface area contributed by atoms with E-state index in [2.05, 4.69) is 33.5 Å². The number of carbonyl (C=O) groups excluding carboxylic acids is 1. The number of halogens is 1. The summed E-state index contributed by atoms with van der Waals surface area (Å²) in [5.74, 6) is 1.38. The van der Waals surface area contributed by atoms with Gasteiger partial charge in [-0.15, -0.1) is 0 Å². The molecule has 1 saturated heterocycles. The third-order valence-corrected chi connectivity index (χ3v) is 4.51. The van der Waals surface area contributed by atoms with Gasteiger partial charge in [0.05, 0.1) is 23.5 Å². The fraction of sp³-hybridized carbons (Fsp3) is 0.533. The van der Waals surface area contributed by atoms with Crippen molar-refractivity contribution in [2.45, 2.75) is 19.9 Å². The van der Waals surface area contributed by atoms with Gasteiger partial charge in [0.25, 0.3) is 0 Å². The smallest absolute Gasteiger partial charge is 0.225 e. The molecule has 1 unspecified atom stereocenters. The molecule has 1 aliphatic rings. The largest absolute Gasteiger partial charge is 0.496 e. The van der Waals surface area contributed by atoms with E-state index in [-0.39, 0.29) is 17.9 Å². The van der Waals surface area contributed by atoms with Crippen molar-refractivity contribution in [3.05, 3.63) is 28.2 Å². The Labute approximate surface area is 128 Å². The first kappa shape index (κ1) is 15.3. The Morgan fingerprint density at radius 3 is 2.80 bits per heavy atom. The minimum absolute atomic E-state index is 0.0162. The summed E-state index contributed by atoms with van der Waals surface area (Å²) in [4.78, 5) is 12.3. The maximum Gasteiger partial charge on any atom is 0.225 e. The number of benzene rings is 1. The van der Waals surface area contributed by atoms with Crippen molar-refractivity contribution in [1.29, 1.82) is 0 Å². The van der Waals surface area contributed by atoms with E-state index < -0.39 is 0 Å². The third-order valence-electron chi connectivity index (χ3n) is 3.89. The minimum Gasteiger partial charge on any atom is -0.496 e. The molecular formula is C15H21BrN2O2. The molecular weight excluding hydrogens is 320 g/mol. The van der Waals surface area contributed by atoms with Crippen LogP contribution in [0.4, 0.5) is 0 Å². The molecule has 0 radical (unpaired) electrons. The van der Waals surface area contributed by atoms with Gasteiger partial charge in [0.15, 0.2) is 0 Å². The molecule has 0 aromatic heterocycles. The summed E-state index contributed by atoms with van der Waals surface area (Å²) in [6.45, 7) is 5.80. The van der Waals surface area contributed by atoms with Crippen molar-refractivity contribution in [3.63, 3.8) is 0 Å². The van der Waals surface area contributed by atoms with Gasteiger partial charge in [0.2, 0.25) is 5.91 Å². The number of hydrogen-bond donors (Lipinski definition) is 2. The number of ether oxygens (including phenoxy) is 1. The fourth-order valence-electron chi connectivity index (χ4n) is 2.52. The highest BCUT2D eigenvalue weighted by Crippen LogP contribution is 2.28. The molecule has 2 rings (SSSR count). The minimum atomic E-state index is -0.0162. The first-order valence-electron chi connectivity index (χ1n) is 6.87. The molecule has 110 valence electrons. The molecule has 1 heterocycles. The van der Waals surface area contributed by atoms with Crippen LogP contribution in [0, 0.1) is 11.8 Å². The van der Waals surface area contributed by atoms with Crippen molar-refractivity contribution < 1.29 is 9.53 Å². The summed E-state index contributed by atoms with van der Waals surface area (Å²) in [6.07, 6.45) is 0. The standard InChI is InChI=1S/C15H21BrN2O2/c1-9-7-17-8-12(9)15(19)18-10(2)11-4-5-14(20-3)13(16)6-11/h4-6,9-10,12,17H,7-8H2,1-3H3,(H,18,19)/t9-,10?,12-/m1/s1. The molecule has 1 aromatic rings. The van der Waals surface area contributed by atoms with Gasteiger partial charge in [0.1, 0.15) is 5.75 Å². The van der Waals surface area contributed by atoms with E-state index in [1.54, 1.807) is 7.11 Å². The molecule has 4 nitrogen and oxygen atoms in total. The number of methoxy groups -OCH3 is 1. The molecule has 1 amide bonds. The second kappa shape index (κ2) is 6.59. The van der Waals surface area contributed by atoms with Crippen molar-refractivity contribution in [2.75, 3.05) is 20.2 Å². The zero-order valence-corrected chi connectivity index (χ0v) is 13.7. The lowest BCUT2D eigenvalue weighted by Gasteiger charge is -2.20. The van der Waals surface area contributed by atoms with Crippen molar-refractivity contribution in [2.24, 2.45) is 11.8 Å². The molecule has 0 aliphatic carbocycles. The van der Waals surface area contributed by atoms with Gasteiger partial charge in [-0.3, -0.25) is 4.79 Å². The second-order valence-electron chi connectivity index (χ2n) is 5.37. The summed E-state index contributed by atoms with van der Waals surface area (Å²) < 4.78 is 6.11. The molecule has 1 fully saturated rings. The first-order valence-corrected chi connectivity index (χ1v) is 7.66. The van der Waals surface area contributed by atoms with Gasteiger partial charge in [-0.25, -0.2) is 0 Å². The lowest BCUT2D eigenvalue weighted by molar-refractivity contribution is -0.126. The van der Waals surface area contributed by atoms with Crippen LogP contribution in [0.5, 0.6) is 5.75 Å². The Hall–Kier alpha value is -1.07. The van der Waals surface area contributed by atoms with Gasteiger partial charge in [0, 0.05) is 6.54 Å². The molecule has 5 heteroatoms. The fourth-order valence-corrected chi connectivity index (χ4v) is 3.08. The lowest BCUT2D eigenvalue weighted by atomic mass is 9.96. The van der Waals surface area contributed by atoms with E-state index in [0.29, 0.717) is 5.92 Å². The van der Waals surface area contributed by atoms with Crippen LogP contribution < -0.4 is 15.4 Å². The predicted octanol–water partition coefficient (Wildman–Crippen LogP) is 2.49. The summed E-state index contributed by atoms with van der Waals surface area (Å²) in [6, 6.07) is 5.85. The van der Waals surface area contributed by atoms with Gasteiger partial charge < -0.3 is 15.4 Å².